The quantitative estimate of drug-likeness (QED) is 0.834. The van der Waals surface area contributed by atoms with Crippen molar-refractivity contribution in [3.05, 3.63) is 29.1 Å². The van der Waals surface area contributed by atoms with Crippen molar-refractivity contribution < 1.29 is 9.59 Å². The van der Waals surface area contributed by atoms with Gasteiger partial charge in [-0.1, -0.05) is 0 Å². The maximum Gasteiger partial charge on any atom is 0.255 e. The molecule has 0 N–H and O–H groups in total. The van der Waals surface area contributed by atoms with Crippen LogP contribution in [0.1, 0.15) is 47.4 Å². The number of likely N-dealkylation sites (tertiary alicyclic amines) is 1. The number of aromatic nitrogens is 1. The molecule has 1 aromatic rings. The molecule has 1 aromatic heterocycles. The fourth-order valence-electron chi connectivity index (χ4n) is 2.78. The first kappa shape index (κ1) is 15.5. The molecule has 1 aliphatic rings. The Morgan fingerprint density at radius 1 is 1.24 bits per heavy atom. The van der Waals surface area contributed by atoms with Gasteiger partial charge in [0.1, 0.15) is 0 Å². The average Bonchev–Trinajstić information content (AvgIpc) is 2.46. The van der Waals surface area contributed by atoms with Crippen LogP contribution in [0.4, 0.5) is 0 Å². The lowest BCUT2D eigenvalue weighted by molar-refractivity contribution is -0.129. The van der Waals surface area contributed by atoms with Crippen molar-refractivity contribution in [3.8, 4) is 0 Å². The number of hydrogen-bond donors (Lipinski definition) is 0. The van der Waals surface area contributed by atoms with E-state index in [-0.39, 0.29) is 17.7 Å². The van der Waals surface area contributed by atoms with Crippen molar-refractivity contribution in [2.24, 2.45) is 0 Å². The molecule has 5 nitrogen and oxygen atoms in total. The molecule has 2 amide bonds. The molecular weight excluding hydrogens is 266 g/mol. The fourth-order valence-corrected chi connectivity index (χ4v) is 2.78. The molecule has 0 unspecified atom stereocenters. The monoisotopic (exact) mass is 289 g/mol. The van der Waals surface area contributed by atoms with Crippen LogP contribution in [0.2, 0.25) is 0 Å². The molecule has 2 heterocycles. The second-order valence-corrected chi connectivity index (χ2v) is 5.87. The van der Waals surface area contributed by atoms with Crippen LogP contribution in [0.25, 0.3) is 0 Å². The van der Waals surface area contributed by atoms with Gasteiger partial charge in [-0.25, -0.2) is 0 Å². The predicted octanol–water partition coefficient (Wildman–Crippen LogP) is 1.82. The third-order valence-corrected chi connectivity index (χ3v) is 4.03. The number of carbonyl (C=O) groups excluding carboxylic acids is 2. The first-order chi connectivity index (χ1) is 9.90. The lowest BCUT2D eigenvalue weighted by Gasteiger charge is -2.32. The number of piperidine rings is 1. The van der Waals surface area contributed by atoms with E-state index in [1.807, 2.05) is 24.0 Å². The Hall–Kier alpha value is -1.91. The lowest BCUT2D eigenvalue weighted by atomic mass is 9.89. The first-order valence-electron chi connectivity index (χ1n) is 7.35. The molecule has 1 aliphatic heterocycles. The number of amides is 2. The van der Waals surface area contributed by atoms with Gasteiger partial charge in [0.25, 0.3) is 5.91 Å². The van der Waals surface area contributed by atoms with Crippen LogP contribution in [0.15, 0.2) is 12.1 Å². The zero-order chi connectivity index (χ0) is 15.6. The summed E-state index contributed by atoms with van der Waals surface area (Å²) in [6.07, 6.45) is 1.73. The Bertz CT molecular complexity index is 546. The van der Waals surface area contributed by atoms with E-state index < -0.39 is 0 Å². The molecule has 0 aliphatic carbocycles. The summed E-state index contributed by atoms with van der Waals surface area (Å²) in [4.78, 5) is 31.8. The normalized spacial score (nSPS) is 15.9. The molecule has 0 spiro atoms. The van der Waals surface area contributed by atoms with E-state index in [0.717, 1.165) is 37.3 Å². The predicted molar refractivity (Wildman–Crippen MR) is 81.2 cm³/mol. The van der Waals surface area contributed by atoms with Gasteiger partial charge >= 0.3 is 0 Å². The SMILES string of the molecule is CC(=O)N1CCC(c2nc(C)ccc2C(=O)N(C)C)CC1. The number of carbonyl (C=O) groups is 2. The van der Waals surface area contributed by atoms with Crippen molar-refractivity contribution in [1.29, 1.82) is 0 Å². The van der Waals surface area contributed by atoms with Gasteiger partial charge in [0.05, 0.1) is 11.3 Å². The molecule has 0 aromatic carbocycles. The summed E-state index contributed by atoms with van der Waals surface area (Å²) in [6, 6.07) is 3.75. The molecule has 114 valence electrons. The Morgan fingerprint density at radius 2 is 1.86 bits per heavy atom. The summed E-state index contributed by atoms with van der Waals surface area (Å²) in [7, 11) is 3.51. The summed E-state index contributed by atoms with van der Waals surface area (Å²) < 4.78 is 0. The summed E-state index contributed by atoms with van der Waals surface area (Å²) in [5, 5.41) is 0. The van der Waals surface area contributed by atoms with Crippen molar-refractivity contribution in [3.63, 3.8) is 0 Å². The van der Waals surface area contributed by atoms with Crippen LogP contribution in [-0.2, 0) is 4.79 Å². The molecule has 0 atom stereocenters. The molecule has 2 rings (SSSR count). The molecule has 5 heteroatoms. The first-order valence-corrected chi connectivity index (χ1v) is 7.35. The largest absolute Gasteiger partial charge is 0.345 e. The van der Waals surface area contributed by atoms with E-state index in [0.29, 0.717) is 5.56 Å². The van der Waals surface area contributed by atoms with Crippen molar-refractivity contribution >= 4 is 11.8 Å². The highest BCUT2D eigenvalue weighted by Gasteiger charge is 2.27. The molecule has 21 heavy (non-hydrogen) atoms. The number of rotatable bonds is 2. The van der Waals surface area contributed by atoms with Crippen LogP contribution >= 0.6 is 0 Å². The summed E-state index contributed by atoms with van der Waals surface area (Å²) in [5.41, 5.74) is 2.50. The molecular formula is C16H23N3O2. The van der Waals surface area contributed by atoms with E-state index in [1.54, 1.807) is 25.9 Å². The molecule has 1 saturated heterocycles. The molecule has 0 saturated carbocycles. The summed E-state index contributed by atoms with van der Waals surface area (Å²) >= 11 is 0. The molecule has 1 fully saturated rings. The van der Waals surface area contributed by atoms with Gasteiger partial charge in [-0.15, -0.1) is 0 Å². The second-order valence-electron chi connectivity index (χ2n) is 5.87. The highest BCUT2D eigenvalue weighted by Crippen LogP contribution is 2.29. The van der Waals surface area contributed by atoms with Gasteiger partial charge in [0.15, 0.2) is 0 Å². The summed E-state index contributed by atoms with van der Waals surface area (Å²) in [5.74, 6) is 0.362. The van der Waals surface area contributed by atoms with E-state index in [1.165, 1.54) is 0 Å². The Kier molecular flexibility index (Phi) is 4.60. The van der Waals surface area contributed by atoms with Crippen LogP contribution in [-0.4, -0.2) is 53.8 Å². The molecule has 0 bridgehead atoms. The minimum Gasteiger partial charge on any atom is -0.345 e. The van der Waals surface area contributed by atoms with E-state index in [9.17, 15) is 9.59 Å². The number of hydrogen-bond acceptors (Lipinski definition) is 3. The van der Waals surface area contributed by atoms with Crippen LogP contribution < -0.4 is 0 Å². The minimum absolute atomic E-state index is 0.00787. The highest BCUT2D eigenvalue weighted by atomic mass is 16.2. The lowest BCUT2D eigenvalue weighted by Crippen LogP contribution is -2.37. The van der Waals surface area contributed by atoms with Crippen molar-refractivity contribution in [2.45, 2.75) is 32.6 Å². The topological polar surface area (TPSA) is 53.5 Å². The average molecular weight is 289 g/mol. The van der Waals surface area contributed by atoms with Gasteiger partial charge in [0, 0.05) is 45.7 Å². The smallest absolute Gasteiger partial charge is 0.255 e. The van der Waals surface area contributed by atoms with Gasteiger partial charge in [-0.05, 0) is 31.9 Å². The zero-order valence-corrected chi connectivity index (χ0v) is 13.2. The van der Waals surface area contributed by atoms with Gasteiger partial charge in [0.2, 0.25) is 5.91 Å². The third kappa shape index (κ3) is 3.40. The Labute approximate surface area is 126 Å². The van der Waals surface area contributed by atoms with Crippen molar-refractivity contribution in [2.75, 3.05) is 27.2 Å². The Morgan fingerprint density at radius 3 is 2.38 bits per heavy atom. The highest BCUT2D eigenvalue weighted by molar-refractivity contribution is 5.95. The minimum atomic E-state index is -0.00787. The second kappa shape index (κ2) is 6.24. The maximum absolute atomic E-state index is 12.3. The maximum atomic E-state index is 12.3. The van der Waals surface area contributed by atoms with Gasteiger partial charge < -0.3 is 9.80 Å². The number of nitrogens with zero attached hydrogens (tertiary/aromatic N) is 3. The zero-order valence-electron chi connectivity index (χ0n) is 13.2. The summed E-state index contributed by atoms with van der Waals surface area (Å²) in [6.45, 7) is 5.03. The van der Waals surface area contributed by atoms with Crippen LogP contribution in [0, 0.1) is 6.92 Å². The Balaban J connectivity index is 2.25. The number of pyridine rings is 1. The van der Waals surface area contributed by atoms with Gasteiger partial charge in [-0.2, -0.15) is 0 Å². The third-order valence-electron chi connectivity index (χ3n) is 4.03. The van der Waals surface area contributed by atoms with Gasteiger partial charge in [-0.3, -0.25) is 14.6 Å². The number of aryl methyl sites for hydroxylation is 1. The van der Waals surface area contributed by atoms with E-state index >= 15 is 0 Å². The fraction of sp³-hybridized carbons (Fsp3) is 0.562. The van der Waals surface area contributed by atoms with Crippen LogP contribution in [0.5, 0.6) is 0 Å². The van der Waals surface area contributed by atoms with Crippen LogP contribution in [0.3, 0.4) is 0 Å². The standard InChI is InChI=1S/C16H23N3O2/c1-11-5-6-14(16(21)18(3)4)15(17-11)13-7-9-19(10-8-13)12(2)20/h5-6,13H,7-10H2,1-4H3. The molecule has 0 radical (unpaired) electrons. The van der Waals surface area contributed by atoms with E-state index in [2.05, 4.69) is 4.98 Å². The van der Waals surface area contributed by atoms with E-state index in [4.69, 9.17) is 0 Å². The van der Waals surface area contributed by atoms with Crippen molar-refractivity contribution in [1.82, 2.24) is 14.8 Å².